The zero-order valence-corrected chi connectivity index (χ0v) is 29.4. The fraction of sp³-hybridized carbons (Fsp3) is 0.697. The van der Waals surface area contributed by atoms with Gasteiger partial charge in [-0.15, -0.1) is 0 Å². The van der Waals surface area contributed by atoms with Crippen molar-refractivity contribution in [2.45, 2.75) is 77.2 Å². The molecule has 0 spiro atoms. The van der Waals surface area contributed by atoms with Crippen LogP contribution in [0.4, 0.5) is 0 Å². The number of aliphatic carboxylic acids is 1. The first kappa shape index (κ1) is 44.8. The van der Waals surface area contributed by atoms with Gasteiger partial charge in [0.1, 0.15) is 30.8 Å². The third-order valence-corrected chi connectivity index (χ3v) is 7.32. The maximum absolute atomic E-state index is 12.2. The molecule has 1 aromatic heterocycles. The number of hydrogen-bond donors (Lipinski definition) is 6. The van der Waals surface area contributed by atoms with E-state index in [0.29, 0.717) is 51.7 Å². The number of ketones is 2. The first-order chi connectivity index (χ1) is 24.5. The number of Topliss-reactive ketones (excluding diaryl/α,β-unsaturated/α-hetero) is 2. The number of ether oxygens (including phenoxy) is 4. The Morgan fingerprint density at radius 2 is 1.43 bits per heavy atom. The minimum absolute atomic E-state index is 0.0277. The Morgan fingerprint density at radius 1 is 0.784 bits per heavy atom. The summed E-state index contributed by atoms with van der Waals surface area (Å²) in [6, 6.07) is -1.09. The number of aromatic nitrogens is 2. The molecule has 18 nitrogen and oxygen atoms in total. The van der Waals surface area contributed by atoms with Crippen LogP contribution in [0, 0.1) is 5.92 Å². The molecular weight excluding hydrogens is 672 g/mol. The molecule has 0 aliphatic rings. The molecule has 1 unspecified atom stereocenters. The van der Waals surface area contributed by atoms with Gasteiger partial charge in [0, 0.05) is 70.1 Å². The van der Waals surface area contributed by atoms with Gasteiger partial charge >= 0.3 is 5.97 Å². The lowest BCUT2D eigenvalue weighted by molar-refractivity contribution is -0.142. The van der Waals surface area contributed by atoms with Crippen molar-refractivity contribution in [1.82, 2.24) is 25.9 Å². The van der Waals surface area contributed by atoms with Crippen molar-refractivity contribution in [3.63, 3.8) is 0 Å². The molecule has 0 bridgehead atoms. The molecule has 0 radical (unpaired) electrons. The van der Waals surface area contributed by atoms with E-state index in [1.807, 2.05) is 0 Å². The molecule has 18 heteroatoms. The minimum Gasteiger partial charge on any atom is -0.480 e. The second kappa shape index (κ2) is 28.4. The highest BCUT2D eigenvalue weighted by molar-refractivity contribution is 5.86. The van der Waals surface area contributed by atoms with Crippen molar-refractivity contribution in [1.29, 1.82) is 0 Å². The Bertz CT molecular complexity index is 1200. The second-order valence-corrected chi connectivity index (χ2v) is 11.7. The number of unbranched alkanes of at least 4 members (excludes halogenated alkanes) is 1. The molecule has 0 aliphatic heterocycles. The van der Waals surface area contributed by atoms with E-state index in [4.69, 9.17) is 29.8 Å². The molecule has 0 saturated heterocycles. The van der Waals surface area contributed by atoms with Gasteiger partial charge in [-0.25, -0.2) is 9.78 Å². The first-order valence-electron chi connectivity index (χ1n) is 17.1. The number of carboxylic acid groups (broad SMARTS) is 1. The van der Waals surface area contributed by atoms with Crippen molar-refractivity contribution < 1.29 is 57.6 Å². The molecule has 1 aromatic rings. The number of carbonyl (C=O) groups is 7. The van der Waals surface area contributed by atoms with E-state index in [1.165, 1.54) is 6.92 Å². The molecule has 4 amide bonds. The molecule has 2 atom stereocenters. The topological polar surface area (TPSA) is 267 Å². The number of aromatic amines is 1. The lowest BCUT2D eigenvalue weighted by Gasteiger charge is -2.12. The minimum atomic E-state index is -1.18. The highest BCUT2D eigenvalue weighted by atomic mass is 16.5. The van der Waals surface area contributed by atoms with E-state index in [2.05, 4.69) is 25.9 Å². The number of nitrogens with one attached hydrogen (secondary N) is 4. The summed E-state index contributed by atoms with van der Waals surface area (Å²) in [5.74, 6) is -3.45. The smallest absolute Gasteiger partial charge is 0.326 e. The molecule has 0 saturated carbocycles. The van der Waals surface area contributed by atoms with Gasteiger partial charge in [0.2, 0.25) is 23.6 Å². The summed E-state index contributed by atoms with van der Waals surface area (Å²) in [5, 5.41) is 16.7. The largest absolute Gasteiger partial charge is 0.480 e. The number of carbonyl (C=O) groups excluding carboxylic acids is 6. The van der Waals surface area contributed by atoms with Crippen molar-refractivity contribution >= 4 is 41.2 Å². The summed E-state index contributed by atoms with van der Waals surface area (Å²) >= 11 is 0. The summed E-state index contributed by atoms with van der Waals surface area (Å²) in [7, 11) is 0. The summed E-state index contributed by atoms with van der Waals surface area (Å²) < 4.78 is 21.3. The second-order valence-electron chi connectivity index (χ2n) is 11.7. The third kappa shape index (κ3) is 25.4. The number of aryl methyl sites for hydroxylation is 1. The average Bonchev–Trinajstić information content (AvgIpc) is 3.61. The standard InChI is InChI=1S/C33H54N6O12/c1-24(40)39-29(33(46)47)10-9-27(41)6-4-13-48-15-17-50-22-31(44)37-12-14-49-16-18-51-21-30(43)36-11-3-2-5-25(32(34)45)19-28(42)8-7-26-20-35-23-38-26/h20,23,25,29H,2-19,21-22H2,1H3,(H2,34,45)(H,35,38)(H,36,43)(H,37,44)(H,39,40)(H,46,47)/t25-,29?/m1/s1. The Balaban J connectivity index is 1.91. The molecule has 0 aliphatic carbocycles. The molecule has 51 heavy (non-hydrogen) atoms. The zero-order chi connectivity index (χ0) is 37.7. The lowest BCUT2D eigenvalue weighted by atomic mass is 9.94. The number of primary amides is 1. The maximum Gasteiger partial charge on any atom is 0.326 e. The number of H-pyrrole nitrogens is 1. The monoisotopic (exact) mass is 726 g/mol. The van der Waals surface area contributed by atoms with Crippen molar-refractivity contribution in [2.24, 2.45) is 11.7 Å². The van der Waals surface area contributed by atoms with Crippen molar-refractivity contribution in [2.75, 3.05) is 65.9 Å². The van der Waals surface area contributed by atoms with E-state index >= 15 is 0 Å². The fourth-order valence-electron chi connectivity index (χ4n) is 4.60. The van der Waals surface area contributed by atoms with Gasteiger partial charge in [0.25, 0.3) is 0 Å². The number of carboxylic acids is 1. The molecular formula is C33H54N6O12. The van der Waals surface area contributed by atoms with E-state index < -0.39 is 29.7 Å². The van der Waals surface area contributed by atoms with E-state index in [1.54, 1.807) is 12.5 Å². The number of amides is 4. The van der Waals surface area contributed by atoms with Crippen molar-refractivity contribution in [3.05, 3.63) is 18.2 Å². The Kier molecular flexibility index (Phi) is 25.0. The van der Waals surface area contributed by atoms with Gasteiger partial charge in [-0.05, 0) is 32.1 Å². The van der Waals surface area contributed by atoms with Gasteiger partial charge in [0.05, 0.1) is 39.4 Å². The highest BCUT2D eigenvalue weighted by Gasteiger charge is 2.20. The highest BCUT2D eigenvalue weighted by Crippen LogP contribution is 2.15. The summed E-state index contributed by atoms with van der Waals surface area (Å²) in [6.07, 6.45) is 6.61. The van der Waals surface area contributed by atoms with Crippen LogP contribution in [-0.4, -0.2) is 128 Å². The quantitative estimate of drug-likeness (QED) is 0.0504. The third-order valence-electron chi connectivity index (χ3n) is 7.32. The van der Waals surface area contributed by atoms with Gasteiger partial charge < -0.3 is 50.7 Å². The van der Waals surface area contributed by atoms with Gasteiger partial charge in [-0.3, -0.25) is 28.8 Å². The molecule has 288 valence electrons. The maximum atomic E-state index is 12.2. The Labute approximate surface area is 297 Å². The van der Waals surface area contributed by atoms with Crippen LogP contribution in [0.15, 0.2) is 12.5 Å². The summed E-state index contributed by atoms with van der Waals surface area (Å²) in [6.45, 7) is 2.99. The predicted octanol–water partition coefficient (Wildman–Crippen LogP) is -0.409. The van der Waals surface area contributed by atoms with Crippen LogP contribution in [-0.2, 0) is 58.9 Å². The van der Waals surface area contributed by atoms with Crippen LogP contribution in [0.2, 0.25) is 0 Å². The number of nitrogens with zero attached hydrogens (tertiary/aromatic N) is 1. The average molecular weight is 727 g/mol. The molecule has 0 aromatic carbocycles. The summed E-state index contributed by atoms with van der Waals surface area (Å²) in [5.41, 5.74) is 6.33. The Hall–Kier alpha value is -4.26. The van der Waals surface area contributed by atoms with Crippen molar-refractivity contribution in [3.8, 4) is 0 Å². The fourth-order valence-corrected chi connectivity index (χ4v) is 4.60. The molecule has 1 heterocycles. The predicted molar refractivity (Wildman–Crippen MR) is 181 cm³/mol. The van der Waals surface area contributed by atoms with Gasteiger partial charge in [-0.1, -0.05) is 6.42 Å². The van der Waals surface area contributed by atoms with Crippen LogP contribution in [0.1, 0.15) is 70.4 Å². The van der Waals surface area contributed by atoms with E-state index in [9.17, 15) is 33.6 Å². The number of nitrogens with two attached hydrogens (primary N) is 1. The van der Waals surface area contributed by atoms with Crippen LogP contribution in [0.3, 0.4) is 0 Å². The van der Waals surface area contributed by atoms with Gasteiger partial charge in [0.15, 0.2) is 0 Å². The van der Waals surface area contributed by atoms with E-state index in [-0.39, 0.29) is 102 Å². The van der Waals surface area contributed by atoms with Crippen LogP contribution in [0.5, 0.6) is 0 Å². The molecule has 0 fully saturated rings. The van der Waals surface area contributed by atoms with Crippen LogP contribution in [0.25, 0.3) is 0 Å². The zero-order valence-electron chi connectivity index (χ0n) is 29.4. The number of rotatable bonds is 33. The Morgan fingerprint density at radius 3 is 2.04 bits per heavy atom. The first-order valence-corrected chi connectivity index (χ1v) is 17.1. The normalized spacial score (nSPS) is 12.1. The molecule has 7 N–H and O–H groups in total. The van der Waals surface area contributed by atoms with Gasteiger partial charge in [-0.2, -0.15) is 0 Å². The van der Waals surface area contributed by atoms with Crippen LogP contribution >= 0.6 is 0 Å². The van der Waals surface area contributed by atoms with Crippen LogP contribution < -0.4 is 21.7 Å². The van der Waals surface area contributed by atoms with E-state index in [0.717, 1.165) is 5.69 Å². The SMILES string of the molecule is CC(=O)NC(CCC(=O)CCCOCCOCC(=O)NCCOCCOCC(=O)NCCCC[C@H](CC(=O)CCc1cnc[nH]1)C(N)=O)C(=O)O. The number of hydrogen-bond acceptors (Lipinski definition) is 12. The molecule has 1 rings (SSSR count). The summed E-state index contributed by atoms with van der Waals surface area (Å²) in [4.78, 5) is 88.6. The lowest BCUT2D eigenvalue weighted by Crippen LogP contribution is -2.39. The number of imidazole rings is 1.